The number of carbonyl (C=O) groups is 1. The maximum absolute atomic E-state index is 12.2. The van der Waals surface area contributed by atoms with Crippen molar-refractivity contribution in [3.63, 3.8) is 0 Å². The predicted molar refractivity (Wildman–Crippen MR) is 90.0 cm³/mol. The zero-order valence-corrected chi connectivity index (χ0v) is 13.6. The Kier molecular flexibility index (Phi) is 5.33. The Morgan fingerprint density at radius 3 is 2.70 bits per heavy atom. The third-order valence-electron chi connectivity index (χ3n) is 3.67. The number of rotatable bonds is 6. The Bertz CT molecular complexity index is 822. The van der Waals surface area contributed by atoms with Gasteiger partial charge in [-0.2, -0.15) is 0 Å². The first-order valence-corrected chi connectivity index (χ1v) is 7.76. The summed E-state index contributed by atoms with van der Waals surface area (Å²) in [5.74, 6) is -0.216. The minimum absolute atomic E-state index is 0.175. The van der Waals surface area contributed by atoms with Crippen LogP contribution in [0.15, 0.2) is 27.8 Å². The van der Waals surface area contributed by atoms with Crippen molar-refractivity contribution in [2.45, 2.75) is 33.4 Å². The third-order valence-corrected chi connectivity index (χ3v) is 3.67. The number of aromatic nitrogens is 2. The van der Waals surface area contributed by atoms with Gasteiger partial charge in [0.2, 0.25) is 0 Å². The highest BCUT2D eigenvalue weighted by molar-refractivity contribution is 5.97. The van der Waals surface area contributed by atoms with Crippen LogP contribution in [0.2, 0.25) is 0 Å². The minimum atomic E-state index is -0.683. The summed E-state index contributed by atoms with van der Waals surface area (Å²) in [7, 11) is 0. The van der Waals surface area contributed by atoms with E-state index >= 15 is 0 Å². The second kappa shape index (κ2) is 7.23. The van der Waals surface area contributed by atoms with Crippen molar-refractivity contribution in [2.75, 3.05) is 13.1 Å². The van der Waals surface area contributed by atoms with Crippen LogP contribution in [0.25, 0.3) is 11.0 Å². The summed E-state index contributed by atoms with van der Waals surface area (Å²) >= 11 is 0. The molecular formula is C16H22N4O3. The summed E-state index contributed by atoms with van der Waals surface area (Å²) in [6.07, 6.45) is 0. The Morgan fingerprint density at radius 1 is 1.30 bits per heavy atom. The van der Waals surface area contributed by atoms with Crippen LogP contribution in [0.4, 0.5) is 0 Å². The quantitative estimate of drug-likeness (QED) is 0.673. The van der Waals surface area contributed by atoms with Crippen molar-refractivity contribution in [3.05, 3.63) is 44.5 Å². The third kappa shape index (κ3) is 3.68. The van der Waals surface area contributed by atoms with Gasteiger partial charge in [0.05, 0.1) is 11.0 Å². The second-order valence-electron chi connectivity index (χ2n) is 5.40. The highest BCUT2D eigenvalue weighted by Gasteiger charge is 2.11. The number of nitrogens with one attached hydrogen (secondary N) is 3. The van der Waals surface area contributed by atoms with Gasteiger partial charge in [0.1, 0.15) is 0 Å². The SMILES string of the molecule is CCN[C@H](C)CNC(=O)c1ccc2c(c1)[nH]c(=O)c(=O)n2CC. The molecule has 7 nitrogen and oxygen atoms in total. The molecule has 1 amide bonds. The van der Waals surface area contributed by atoms with E-state index in [-0.39, 0.29) is 11.9 Å². The molecule has 0 aliphatic rings. The van der Waals surface area contributed by atoms with Crippen LogP contribution >= 0.6 is 0 Å². The van der Waals surface area contributed by atoms with Crippen LogP contribution in [-0.4, -0.2) is 34.6 Å². The molecule has 0 aliphatic heterocycles. The number of hydrogen-bond donors (Lipinski definition) is 3. The number of fused-ring (bicyclic) bond motifs is 1. The lowest BCUT2D eigenvalue weighted by Gasteiger charge is -2.13. The number of H-pyrrole nitrogens is 1. The van der Waals surface area contributed by atoms with E-state index in [9.17, 15) is 14.4 Å². The summed E-state index contributed by atoms with van der Waals surface area (Å²) < 4.78 is 1.39. The summed E-state index contributed by atoms with van der Waals surface area (Å²) in [5, 5.41) is 6.05. The van der Waals surface area contributed by atoms with Gasteiger partial charge < -0.3 is 20.2 Å². The Morgan fingerprint density at radius 2 is 2.04 bits per heavy atom. The normalized spacial score (nSPS) is 12.3. The molecule has 1 heterocycles. The summed E-state index contributed by atoms with van der Waals surface area (Å²) in [4.78, 5) is 38.2. The second-order valence-corrected chi connectivity index (χ2v) is 5.40. The molecule has 0 spiro atoms. The molecule has 1 atom stereocenters. The molecule has 1 aromatic heterocycles. The molecular weight excluding hydrogens is 296 g/mol. The first-order valence-electron chi connectivity index (χ1n) is 7.76. The molecule has 0 fully saturated rings. The topological polar surface area (TPSA) is 96.0 Å². The fraction of sp³-hybridized carbons (Fsp3) is 0.438. The van der Waals surface area contributed by atoms with E-state index < -0.39 is 11.1 Å². The molecule has 0 radical (unpaired) electrons. The van der Waals surface area contributed by atoms with E-state index in [2.05, 4.69) is 15.6 Å². The highest BCUT2D eigenvalue weighted by Crippen LogP contribution is 2.11. The van der Waals surface area contributed by atoms with E-state index in [4.69, 9.17) is 0 Å². The van der Waals surface area contributed by atoms with Crippen molar-refractivity contribution in [2.24, 2.45) is 0 Å². The van der Waals surface area contributed by atoms with Crippen molar-refractivity contribution in [1.82, 2.24) is 20.2 Å². The molecule has 23 heavy (non-hydrogen) atoms. The number of nitrogens with zero attached hydrogens (tertiary/aromatic N) is 1. The van der Waals surface area contributed by atoms with Crippen LogP contribution in [0, 0.1) is 0 Å². The van der Waals surface area contributed by atoms with Crippen molar-refractivity contribution in [1.29, 1.82) is 0 Å². The maximum atomic E-state index is 12.2. The first-order chi connectivity index (χ1) is 11.0. The summed E-state index contributed by atoms with van der Waals surface area (Å²) in [6.45, 7) is 7.53. The molecule has 7 heteroatoms. The standard InChI is InChI=1S/C16H22N4O3/c1-4-17-10(3)9-18-14(21)11-6-7-13-12(8-11)19-15(22)16(23)20(13)5-2/h6-8,10,17H,4-5,9H2,1-3H3,(H,18,21)(H,19,22)/t10-/m1/s1. The Hall–Kier alpha value is -2.41. The van der Waals surface area contributed by atoms with Crippen LogP contribution in [0.1, 0.15) is 31.1 Å². The minimum Gasteiger partial charge on any atom is -0.350 e. The zero-order valence-electron chi connectivity index (χ0n) is 13.6. The van der Waals surface area contributed by atoms with Gasteiger partial charge in [0, 0.05) is 24.7 Å². The first kappa shape index (κ1) is 17.0. The van der Waals surface area contributed by atoms with Gasteiger partial charge in [0.25, 0.3) is 5.91 Å². The molecule has 0 saturated heterocycles. The van der Waals surface area contributed by atoms with Crippen LogP contribution in [0.3, 0.4) is 0 Å². The molecule has 3 N–H and O–H groups in total. The van der Waals surface area contributed by atoms with Gasteiger partial charge in [-0.25, -0.2) is 0 Å². The molecule has 0 unspecified atom stereocenters. The average molecular weight is 318 g/mol. The van der Waals surface area contributed by atoms with Gasteiger partial charge in [0.15, 0.2) is 0 Å². The van der Waals surface area contributed by atoms with Gasteiger partial charge in [-0.3, -0.25) is 14.4 Å². The smallest absolute Gasteiger partial charge is 0.316 e. The molecule has 2 rings (SSSR count). The number of likely N-dealkylation sites (N-methyl/N-ethyl adjacent to an activating group) is 1. The highest BCUT2D eigenvalue weighted by atomic mass is 16.2. The number of aromatic amines is 1. The van der Waals surface area contributed by atoms with E-state index in [1.165, 1.54) is 4.57 Å². The molecule has 1 aromatic carbocycles. The van der Waals surface area contributed by atoms with Gasteiger partial charge in [-0.05, 0) is 38.6 Å². The monoisotopic (exact) mass is 318 g/mol. The van der Waals surface area contributed by atoms with Crippen LogP contribution in [-0.2, 0) is 6.54 Å². The molecule has 0 aliphatic carbocycles. The number of hydrogen-bond acceptors (Lipinski definition) is 4. The molecule has 2 aromatic rings. The summed E-state index contributed by atoms with van der Waals surface area (Å²) in [5.41, 5.74) is 0.256. The van der Waals surface area contributed by atoms with Crippen molar-refractivity contribution < 1.29 is 4.79 Å². The Labute approximate surface area is 133 Å². The lowest BCUT2D eigenvalue weighted by atomic mass is 10.1. The van der Waals surface area contributed by atoms with Gasteiger partial charge >= 0.3 is 11.1 Å². The number of aryl methyl sites for hydroxylation is 1. The van der Waals surface area contributed by atoms with Crippen molar-refractivity contribution in [3.8, 4) is 0 Å². The van der Waals surface area contributed by atoms with E-state index in [1.54, 1.807) is 25.1 Å². The largest absolute Gasteiger partial charge is 0.350 e. The summed E-state index contributed by atoms with van der Waals surface area (Å²) in [6, 6.07) is 5.10. The molecule has 124 valence electrons. The predicted octanol–water partition coefficient (Wildman–Crippen LogP) is 0.438. The van der Waals surface area contributed by atoms with Gasteiger partial charge in [-0.1, -0.05) is 6.92 Å². The van der Waals surface area contributed by atoms with Crippen molar-refractivity contribution >= 4 is 16.9 Å². The fourth-order valence-corrected chi connectivity index (χ4v) is 2.50. The number of benzene rings is 1. The van der Waals surface area contributed by atoms with Crippen LogP contribution < -0.4 is 21.8 Å². The average Bonchev–Trinajstić information content (AvgIpc) is 2.53. The van der Waals surface area contributed by atoms with Gasteiger partial charge in [-0.15, -0.1) is 0 Å². The number of carbonyl (C=O) groups excluding carboxylic acids is 1. The van der Waals surface area contributed by atoms with E-state index in [0.29, 0.717) is 29.7 Å². The molecule has 0 bridgehead atoms. The van der Waals surface area contributed by atoms with E-state index in [1.807, 2.05) is 13.8 Å². The lowest BCUT2D eigenvalue weighted by molar-refractivity contribution is 0.0950. The van der Waals surface area contributed by atoms with E-state index in [0.717, 1.165) is 6.54 Å². The number of amides is 1. The maximum Gasteiger partial charge on any atom is 0.316 e. The Balaban J connectivity index is 2.30. The fourth-order valence-electron chi connectivity index (χ4n) is 2.50. The zero-order chi connectivity index (χ0) is 17.0. The lowest BCUT2D eigenvalue weighted by Crippen LogP contribution is -2.39. The van der Waals surface area contributed by atoms with Crippen LogP contribution in [0.5, 0.6) is 0 Å². The molecule has 0 saturated carbocycles.